The second-order valence-corrected chi connectivity index (χ2v) is 2.90. The Bertz CT molecular complexity index is 362. The van der Waals surface area contributed by atoms with Gasteiger partial charge in [0.15, 0.2) is 5.11 Å². The van der Waals surface area contributed by atoms with Gasteiger partial charge in [0, 0.05) is 5.56 Å². The lowest BCUT2D eigenvalue weighted by Crippen LogP contribution is -2.24. The fourth-order valence-corrected chi connectivity index (χ4v) is 0.884. The first-order valence-electron chi connectivity index (χ1n) is 3.88. The highest BCUT2D eigenvalue weighted by Gasteiger charge is 1.99. The van der Waals surface area contributed by atoms with Gasteiger partial charge in [-0.1, -0.05) is 30.3 Å². The first kappa shape index (κ1) is 10.3. The zero-order valence-corrected chi connectivity index (χ0v) is 8.12. The summed E-state index contributed by atoms with van der Waals surface area (Å²) in [5.41, 5.74) is 7.99. The fraction of sp³-hybridized carbons (Fsp3) is 0. The van der Waals surface area contributed by atoms with Gasteiger partial charge >= 0.3 is 0 Å². The molecule has 72 valence electrons. The number of Topliss-reactive ketones (excluding diaryl/α,β-unsaturated/α-hetero) is 1. The molecule has 0 aliphatic carbocycles. The van der Waals surface area contributed by atoms with Crippen LogP contribution < -0.4 is 11.2 Å². The van der Waals surface area contributed by atoms with E-state index in [-0.39, 0.29) is 10.9 Å². The second kappa shape index (κ2) is 5.08. The molecule has 3 N–H and O–H groups in total. The number of rotatable bonds is 3. The first-order valence-corrected chi connectivity index (χ1v) is 4.29. The van der Waals surface area contributed by atoms with Crippen LogP contribution in [0.15, 0.2) is 35.4 Å². The van der Waals surface area contributed by atoms with E-state index in [2.05, 4.69) is 22.7 Å². The maximum atomic E-state index is 11.4. The molecule has 0 atom stereocenters. The van der Waals surface area contributed by atoms with E-state index in [1.54, 1.807) is 24.3 Å². The molecule has 5 heteroatoms. The van der Waals surface area contributed by atoms with Crippen LogP contribution in [0.1, 0.15) is 10.4 Å². The average Bonchev–Trinajstić information content (AvgIpc) is 2.18. The Balaban J connectivity index is 2.59. The van der Waals surface area contributed by atoms with Crippen molar-refractivity contribution in [2.75, 3.05) is 0 Å². The van der Waals surface area contributed by atoms with Gasteiger partial charge in [-0.25, -0.2) is 0 Å². The van der Waals surface area contributed by atoms with E-state index < -0.39 is 0 Å². The Morgan fingerprint density at radius 2 is 2.07 bits per heavy atom. The van der Waals surface area contributed by atoms with Crippen LogP contribution in [-0.4, -0.2) is 17.1 Å². The highest BCUT2D eigenvalue weighted by atomic mass is 32.1. The predicted octanol–water partition coefficient (Wildman–Crippen LogP) is 0.688. The van der Waals surface area contributed by atoms with Gasteiger partial charge in [0.2, 0.25) is 5.78 Å². The lowest BCUT2D eigenvalue weighted by atomic mass is 10.1. The van der Waals surface area contributed by atoms with Crippen molar-refractivity contribution >= 4 is 29.3 Å². The number of thiocarbonyl (C=S) groups is 1. The van der Waals surface area contributed by atoms with Crippen molar-refractivity contribution in [3.8, 4) is 0 Å². The molecule has 0 amide bonds. The Labute approximate surface area is 86.8 Å². The number of carbonyl (C=O) groups excluding carboxylic acids is 1. The van der Waals surface area contributed by atoms with Crippen molar-refractivity contribution in [3.05, 3.63) is 35.9 Å². The molecule has 0 saturated heterocycles. The highest BCUT2D eigenvalue weighted by Crippen LogP contribution is 1.97. The maximum Gasteiger partial charge on any atom is 0.205 e. The number of nitrogens with one attached hydrogen (secondary N) is 1. The number of nitrogens with two attached hydrogens (primary N) is 1. The van der Waals surface area contributed by atoms with Gasteiger partial charge in [-0.15, -0.1) is 0 Å². The molecule has 0 heterocycles. The number of benzene rings is 1. The summed E-state index contributed by atoms with van der Waals surface area (Å²) in [5.74, 6) is -0.200. The van der Waals surface area contributed by atoms with Crippen molar-refractivity contribution < 1.29 is 4.79 Å². The third-order valence-corrected chi connectivity index (χ3v) is 1.51. The lowest BCUT2D eigenvalue weighted by Gasteiger charge is -1.94. The normalized spacial score (nSPS) is 10.0. The van der Waals surface area contributed by atoms with Gasteiger partial charge in [0.05, 0.1) is 6.21 Å². The molecular formula is C9H9N3OS. The minimum absolute atomic E-state index is 0.0297. The van der Waals surface area contributed by atoms with Crippen LogP contribution in [0.4, 0.5) is 0 Å². The summed E-state index contributed by atoms with van der Waals surface area (Å²) in [4.78, 5) is 11.4. The zero-order valence-electron chi connectivity index (χ0n) is 7.31. The summed E-state index contributed by atoms with van der Waals surface area (Å²) in [7, 11) is 0. The highest BCUT2D eigenvalue weighted by molar-refractivity contribution is 7.80. The number of hydrogen-bond donors (Lipinski definition) is 2. The second-order valence-electron chi connectivity index (χ2n) is 2.46. The molecule has 4 nitrogen and oxygen atoms in total. The van der Waals surface area contributed by atoms with E-state index in [1.165, 1.54) is 0 Å². The summed E-state index contributed by atoms with van der Waals surface area (Å²) in [5, 5.41) is 3.59. The van der Waals surface area contributed by atoms with E-state index in [9.17, 15) is 4.79 Å². The summed E-state index contributed by atoms with van der Waals surface area (Å²) < 4.78 is 0. The van der Waals surface area contributed by atoms with Crippen LogP contribution in [0.3, 0.4) is 0 Å². The average molecular weight is 207 g/mol. The monoisotopic (exact) mass is 207 g/mol. The summed E-state index contributed by atoms with van der Waals surface area (Å²) in [6.07, 6.45) is 1.13. The van der Waals surface area contributed by atoms with Gasteiger partial charge in [-0.3, -0.25) is 10.2 Å². The van der Waals surface area contributed by atoms with Crippen LogP contribution >= 0.6 is 12.2 Å². The topological polar surface area (TPSA) is 67.5 Å². The van der Waals surface area contributed by atoms with Crippen LogP contribution in [0.2, 0.25) is 0 Å². The van der Waals surface area contributed by atoms with Crippen molar-refractivity contribution in [1.29, 1.82) is 0 Å². The SMILES string of the molecule is NC(=S)NN=CC(=O)c1ccccc1. The summed E-state index contributed by atoms with van der Waals surface area (Å²) >= 11 is 4.51. The molecule has 0 bridgehead atoms. The Hall–Kier alpha value is -1.75. The molecule has 0 aliphatic rings. The van der Waals surface area contributed by atoms with E-state index >= 15 is 0 Å². The Morgan fingerprint density at radius 1 is 1.43 bits per heavy atom. The van der Waals surface area contributed by atoms with Crippen molar-refractivity contribution in [3.63, 3.8) is 0 Å². The molecule has 1 rings (SSSR count). The number of hydrazone groups is 1. The van der Waals surface area contributed by atoms with Crippen molar-refractivity contribution in [2.45, 2.75) is 0 Å². The van der Waals surface area contributed by atoms with Crippen molar-refractivity contribution in [2.24, 2.45) is 10.8 Å². The zero-order chi connectivity index (χ0) is 10.4. The quantitative estimate of drug-likeness (QED) is 0.331. The molecule has 0 saturated carbocycles. The predicted molar refractivity (Wildman–Crippen MR) is 59.2 cm³/mol. The fourth-order valence-electron chi connectivity index (χ4n) is 0.831. The van der Waals surface area contributed by atoms with Gasteiger partial charge in [-0.2, -0.15) is 5.10 Å². The molecule has 0 fully saturated rings. The van der Waals surface area contributed by atoms with E-state index in [4.69, 9.17) is 5.73 Å². The summed E-state index contributed by atoms with van der Waals surface area (Å²) in [6.45, 7) is 0. The molecule has 0 radical (unpaired) electrons. The summed E-state index contributed by atoms with van der Waals surface area (Å²) in [6, 6.07) is 8.80. The lowest BCUT2D eigenvalue weighted by molar-refractivity contribution is 0.107. The molecular weight excluding hydrogens is 198 g/mol. The third kappa shape index (κ3) is 3.32. The Morgan fingerprint density at radius 3 is 2.64 bits per heavy atom. The van der Waals surface area contributed by atoms with Gasteiger partial charge < -0.3 is 5.73 Å². The van der Waals surface area contributed by atoms with Crippen LogP contribution in [0.25, 0.3) is 0 Å². The molecule has 0 aliphatic heterocycles. The minimum Gasteiger partial charge on any atom is -0.375 e. The molecule has 0 spiro atoms. The molecule has 1 aromatic rings. The van der Waals surface area contributed by atoms with Crippen LogP contribution in [-0.2, 0) is 0 Å². The molecule has 0 aromatic heterocycles. The number of hydrogen-bond acceptors (Lipinski definition) is 3. The third-order valence-electron chi connectivity index (χ3n) is 1.41. The number of carbonyl (C=O) groups is 1. The van der Waals surface area contributed by atoms with E-state index in [0.717, 1.165) is 6.21 Å². The van der Waals surface area contributed by atoms with Crippen LogP contribution in [0, 0.1) is 0 Å². The van der Waals surface area contributed by atoms with Gasteiger partial charge in [0.25, 0.3) is 0 Å². The first-order chi connectivity index (χ1) is 6.70. The number of ketones is 1. The van der Waals surface area contributed by atoms with E-state index in [0.29, 0.717) is 5.56 Å². The van der Waals surface area contributed by atoms with Gasteiger partial charge in [-0.05, 0) is 12.2 Å². The smallest absolute Gasteiger partial charge is 0.205 e. The van der Waals surface area contributed by atoms with E-state index in [1.807, 2.05) is 6.07 Å². The standard InChI is InChI=1S/C9H9N3OS/c10-9(14)12-11-6-8(13)7-4-2-1-3-5-7/h1-6H,(H3,10,12,14). The molecule has 14 heavy (non-hydrogen) atoms. The van der Waals surface area contributed by atoms with Crippen LogP contribution in [0.5, 0.6) is 0 Å². The minimum atomic E-state index is -0.200. The maximum absolute atomic E-state index is 11.4. The molecule has 0 unspecified atom stereocenters. The Kier molecular flexibility index (Phi) is 3.75. The van der Waals surface area contributed by atoms with Crippen molar-refractivity contribution in [1.82, 2.24) is 5.43 Å². The molecule has 1 aromatic carbocycles. The largest absolute Gasteiger partial charge is 0.375 e. The van der Waals surface area contributed by atoms with Gasteiger partial charge in [0.1, 0.15) is 0 Å². The number of nitrogens with zero attached hydrogens (tertiary/aromatic N) is 1.